The van der Waals surface area contributed by atoms with E-state index in [-0.39, 0.29) is 11.7 Å². The minimum absolute atomic E-state index is 0.0745. The fourth-order valence-electron chi connectivity index (χ4n) is 1.60. The van der Waals surface area contributed by atoms with E-state index in [2.05, 4.69) is 12.2 Å². The summed E-state index contributed by atoms with van der Waals surface area (Å²) in [5.74, 6) is -0.176. The predicted molar refractivity (Wildman–Crippen MR) is 67.0 cm³/mol. The highest BCUT2D eigenvalue weighted by Gasteiger charge is 2.01. The van der Waals surface area contributed by atoms with Gasteiger partial charge in [0.25, 0.3) is 0 Å². The van der Waals surface area contributed by atoms with Crippen LogP contribution < -0.4 is 5.32 Å². The molecule has 0 fully saturated rings. The first-order chi connectivity index (χ1) is 8.22. The van der Waals surface area contributed by atoms with E-state index in [9.17, 15) is 9.18 Å². The van der Waals surface area contributed by atoms with Gasteiger partial charge in [-0.1, -0.05) is 38.3 Å². The van der Waals surface area contributed by atoms with Gasteiger partial charge in [0.05, 0.1) is 0 Å². The summed E-state index contributed by atoms with van der Waals surface area (Å²) < 4.78 is 12.6. The molecule has 0 radical (unpaired) electrons. The summed E-state index contributed by atoms with van der Waals surface area (Å²) in [6, 6.07) is 6.19. The quantitative estimate of drug-likeness (QED) is 0.723. The van der Waals surface area contributed by atoms with Gasteiger partial charge in [-0.2, -0.15) is 0 Å². The lowest BCUT2D eigenvalue weighted by atomic mass is 10.1. The normalized spacial score (nSPS) is 10.2. The van der Waals surface area contributed by atoms with Crippen molar-refractivity contribution in [2.75, 3.05) is 0 Å². The van der Waals surface area contributed by atoms with Crippen LogP contribution in [-0.4, -0.2) is 5.91 Å². The number of unbranched alkanes of at least 4 members (excludes halogenated alkanes) is 3. The summed E-state index contributed by atoms with van der Waals surface area (Å²) in [7, 11) is 0. The summed E-state index contributed by atoms with van der Waals surface area (Å²) in [6.07, 6.45) is 5.01. The van der Waals surface area contributed by atoms with Crippen LogP contribution in [0.4, 0.5) is 4.39 Å². The molecule has 0 spiro atoms. The first kappa shape index (κ1) is 13.7. The van der Waals surface area contributed by atoms with Crippen molar-refractivity contribution in [2.45, 2.75) is 45.6 Å². The minimum atomic E-state index is -0.250. The molecule has 0 saturated heterocycles. The Labute approximate surface area is 102 Å². The van der Waals surface area contributed by atoms with Gasteiger partial charge in [-0.05, 0) is 24.1 Å². The van der Waals surface area contributed by atoms with Gasteiger partial charge in [0.2, 0.25) is 5.91 Å². The highest BCUT2D eigenvalue weighted by atomic mass is 19.1. The zero-order valence-electron chi connectivity index (χ0n) is 10.3. The molecule has 1 N–H and O–H groups in total. The Morgan fingerprint density at radius 2 is 1.88 bits per heavy atom. The summed E-state index contributed by atoms with van der Waals surface area (Å²) in [5.41, 5.74) is 0.924. The second-order valence-electron chi connectivity index (χ2n) is 4.21. The smallest absolute Gasteiger partial charge is 0.220 e. The second kappa shape index (κ2) is 7.82. The van der Waals surface area contributed by atoms with Crippen LogP contribution in [0.1, 0.15) is 44.6 Å². The van der Waals surface area contributed by atoms with Gasteiger partial charge in [0.15, 0.2) is 0 Å². The lowest BCUT2D eigenvalue weighted by Gasteiger charge is -2.05. The average Bonchev–Trinajstić information content (AvgIpc) is 2.34. The number of rotatable bonds is 7. The maximum atomic E-state index is 12.6. The largest absolute Gasteiger partial charge is 0.352 e. The number of hydrogen-bond acceptors (Lipinski definition) is 1. The van der Waals surface area contributed by atoms with Gasteiger partial charge in [-0.25, -0.2) is 4.39 Å². The first-order valence-electron chi connectivity index (χ1n) is 6.23. The van der Waals surface area contributed by atoms with Crippen LogP contribution in [0.2, 0.25) is 0 Å². The molecule has 0 aliphatic heterocycles. The van der Waals surface area contributed by atoms with Crippen molar-refractivity contribution < 1.29 is 9.18 Å². The van der Waals surface area contributed by atoms with E-state index in [0.29, 0.717) is 13.0 Å². The molecule has 1 rings (SSSR count). The van der Waals surface area contributed by atoms with Crippen LogP contribution in [0.25, 0.3) is 0 Å². The van der Waals surface area contributed by atoms with Crippen LogP contribution in [0.3, 0.4) is 0 Å². The van der Waals surface area contributed by atoms with Gasteiger partial charge < -0.3 is 5.32 Å². The van der Waals surface area contributed by atoms with E-state index in [1.807, 2.05) is 0 Å². The lowest BCUT2D eigenvalue weighted by Crippen LogP contribution is -2.22. The van der Waals surface area contributed by atoms with E-state index in [0.717, 1.165) is 18.4 Å². The number of carbonyl (C=O) groups excluding carboxylic acids is 1. The van der Waals surface area contributed by atoms with Gasteiger partial charge in [-0.3, -0.25) is 4.79 Å². The van der Waals surface area contributed by atoms with Gasteiger partial charge in [0.1, 0.15) is 5.82 Å². The molecule has 0 bridgehead atoms. The van der Waals surface area contributed by atoms with E-state index in [1.165, 1.54) is 25.0 Å². The van der Waals surface area contributed by atoms with Crippen LogP contribution in [0.5, 0.6) is 0 Å². The fourth-order valence-corrected chi connectivity index (χ4v) is 1.60. The van der Waals surface area contributed by atoms with Crippen molar-refractivity contribution in [3.8, 4) is 0 Å². The topological polar surface area (TPSA) is 29.1 Å². The summed E-state index contributed by atoms with van der Waals surface area (Å²) in [6.45, 7) is 2.63. The number of carbonyl (C=O) groups is 1. The third-order valence-corrected chi connectivity index (χ3v) is 2.66. The van der Waals surface area contributed by atoms with Crippen molar-refractivity contribution in [2.24, 2.45) is 0 Å². The predicted octanol–water partition coefficient (Wildman–Crippen LogP) is 3.41. The molecule has 2 nitrogen and oxygen atoms in total. The number of hydrogen-bond donors (Lipinski definition) is 1. The molecule has 0 aromatic heterocycles. The van der Waals surface area contributed by atoms with Crippen molar-refractivity contribution >= 4 is 5.91 Å². The molecule has 1 aromatic rings. The first-order valence-corrected chi connectivity index (χ1v) is 6.23. The molecule has 0 heterocycles. The van der Waals surface area contributed by atoms with Crippen LogP contribution >= 0.6 is 0 Å². The van der Waals surface area contributed by atoms with E-state index in [1.54, 1.807) is 12.1 Å². The van der Waals surface area contributed by atoms with Crippen LogP contribution in [0, 0.1) is 5.82 Å². The Morgan fingerprint density at radius 1 is 1.18 bits per heavy atom. The molecule has 94 valence electrons. The molecule has 0 atom stereocenters. The van der Waals surface area contributed by atoms with Gasteiger partial charge in [-0.15, -0.1) is 0 Å². The van der Waals surface area contributed by atoms with Gasteiger partial charge in [0, 0.05) is 13.0 Å². The third kappa shape index (κ3) is 6.05. The Kier molecular flexibility index (Phi) is 6.30. The van der Waals surface area contributed by atoms with E-state index < -0.39 is 0 Å². The van der Waals surface area contributed by atoms with Gasteiger partial charge >= 0.3 is 0 Å². The highest BCUT2D eigenvalue weighted by molar-refractivity contribution is 5.75. The Hall–Kier alpha value is -1.38. The van der Waals surface area contributed by atoms with E-state index in [4.69, 9.17) is 0 Å². The maximum absolute atomic E-state index is 12.6. The van der Waals surface area contributed by atoms with Crippen molar-refractivity contribution in [3.63, 3.8) is 0 Å². The Balaban J connectivity index is 2.17. The van der Waals surface area contributed by atoms with Crippen LogP contribution in [0.15, 0.2) is 24.3 Å². The zero-order valence-corrected chi connectivity index (χ0v) is 10.3. The number of halogens is 1. The molecule has 1 amide bonds. The second-order valence-corrected chi connectivity index (χ2v) is 4.21. The molecule has 1 aromatic carbocycles. The molecule has 3 heteroatoms. The Morgan fingerprint density at radius 3 is 2.53 bits per heavy atom. The fraction of sp³-hybridized carbons (Fsp3) is 0.500. The summed E-state index contributed by atoms with van der Waals surface area (Å²) in [5, 5.41) is 2.83. The standard InChI is InChI=1S/C14H20FNO/c1-2-3-4-5-6-14(17)16-11-12-7-9-13(15)10-8-12/h7-10H,2-6,11H2,1H3,(H,16,17). The number of benzene rings is 1. The Bertz CT molecular complexity index is 335. The number of amides is 1. The summed E-state index contributed by atoms with van der Waals surface area (Å²) in [4.78, 5) is 11.5. The molecular formula is C14H20FNO. The third-order valence-electron chi connectivity index (χ3n) is 2.66. The molecule has 0 saturated carbocycles. The maximum Gasteiger partial charge on any atom is 0.220 e. The highest BCUT2D eigenvalue weighted by Crippen LogP contribution is 2.04. The monoisotopic (exact) mass is 237 g/mol. The molecule has 17 heavy (non-hydrogen) atoms. The summed E-state index contributed by atoms with van der Waals surface area (Å²) >= 11 is 0. The number of nitrogens with one attached hydrogen (secondary N) is 1. The van der Waals surface area contributed by atoms with Crippen molar-refractivity contribution in [1.29, 1.82) is 0 Å². The lowest BCUT2D eigenvalue weighted by molar-refractivity contribution is -0.121. The molecular weight excluding hydrogens is 217 g/mol. The SMILES string of the molecule is CCCCCCC(=O)NCc1ccc(F)cc1. The molecule has 0 unspecified atom stereocenters. The molecule has 0 aliphatic carbocycles. The van der Waals surface area contributed by atoms with E-state index >= 15 is 0 Å². The van der Waals surface area contributed by atoms with Crippen LogP contribution in [-0.2, 0) is 11.3 Å². The molecule has 0 aliphatic rings. The minimum Gasteiger partial charge on any atom is -0.352 e. The van der Waals surface area contributed by atoms with Crippen molar-refractivity contribution in [1.82, 2.24) is 5.32 Å². The average molecular weight is 237 g/mol. The zero-order chi connectivity index (χ0) is 12.5. The van der Waals surface area contributed by atoms with Crippen molar-refractivity contribution in [3.05, 3.63) is 35.6 Å².